The number of carbonyl (C=O) groups is 1. The van der Waals surface area contributed by atoms with E-state index in [1.807, 2.05) is 31.2 Å². The molecule has 4 heteroatoms. The molecule has 0 saturated carbocycles. The highest BCUT2D eigenvalue weighted by molar-refractivity contribution is 5.91. The highest BCUT2D eigenvalue weighted by atomic mass is 16.5. The van der Waals surface area contributed by atoms with Crippen LogP contribution in [0.5, 0.6) is 5.75 Å². The van der Waals surface area contributed by atoms with Gasteiger partial charge in [0.15, 0.2) is 0 Å². The van der Waals surface area contributed by atoms with Gasteiger partial charge in [-0.1, -0.05) is 38.1 Å². The Morgan fingerprint density at radius 2 is 1.72 bits per heavy atom. The monoisotopic (exact) mass is 341 g/mol. The maximum absolute atomic E-state index is 11.9. The molecule has 134 valence electrons. The molecule has 2 aromatic carbocycles. The van der Waals surface area contributed by atoms with Crippen molar-refractivity contribution in [2.75, 3.05) is 7.11 Å². The van der Waals surface area contributed by atoms with Gasteiger partial charge in [-0.05, 0) is 54.2 Å². The van der Waals surface area contributed by atoms with Gasteiger partial charge < -0.3 is 15.6 Å². The Kier molecular flexibility index (Phi) is 5.85. The number of ether oxygens (including phenoxy) is 1. The van der Waals surface area contributed by atoms with Crippen LogP contribution in [-0.4, -0.2) is 18.2 Å². The van der Waals surface area contributed by atoms with Crippen LogP contribution in [0.25, 0.3) is 0 Å². The SMILES string of the molecule is CCC(CC)(c1ccc(O)c(C)c1)c1ccc(C(=O)OC)c(CN)c1. The number of aryl methyl sites for hydroxylation is 1. The second-order valence-corrected chi connectivity index (χ2v) is 6.36. The van der Waals surface area contributed by atoms with Crippen LogP contribution in [0.1, 0.15) is 59.3 Å². The Bertz CT molecular complexity index is 764. The van der Waals surface area contributed by atoms with E-state index < -0.39 is 0 Å². The first kappa shape index (κ1) is 19.0. The standard InChI is InChI=1S/C21H27NO3/c1-5-21(6-2,16-8-10-19(23)14(3)11-16)17-7-9-18(20(24)25-4)15(12-17)13-22/h7-12,23H,5-6,13,22H2,1-4H3. The molecule has 0 atom stereocenters. The predicted octanol–water partition coefficient (Wildman–Crippen LogP) is 4.05. The quantitative estimate of drug-likeness (QED) is 0.778. The summed E-state index contributed by atoms with van der Waals surface area (Å²) in [5.74, 6) is -0.0698. The van der Waals surface area contributed by atoms with Crippen LogP contribution in [0.3, 0.4) is 0 Å². The van der Waals surface area contributed by atoms with Gasteiger partial charge in [0, 0.05) is 12.0 Å². The molecule has 4 nitrogen and oxygen atoms in total. The van der Waals surface area contributed by atoms with Crippen LogP contribution >= 0.6 is 0 Å². The van der Waals surface area contributed by atoms with Crippen LogP contribution in [0.4, 0.5) is 0 Å². The van der Waals surface area contributed by atoms with Gasteiger partial charge in [-0.3, -0.25) is 0 Å². The molecule has 0 aliphatic heterocycles. The molecule has 0 spiro atoms. The molecule has 0 saturated heterocycles. The van der Waals surface area contributed by atoms with Crippen LogP contribution < -0.4 is 5.73 Å². The number of methoxy groups -OCH3 is 1. The van der Waals surface area contributed by atoms with Crippen molar-refractivity contribution in [3.63, 3.8) is 0 Å². The fourth-order valence-electron chi connectivity index (χ4n) is 3.56. The van der Waals surface area contributed by atoms with E-state index >= 15 is 0 Å². The maximum Gasteiger partial charge on any atom is 0.338 e. The summed E-state index contributed by atoms with van der Waals surface area (Å²) in [6.45, 7) is 6.49. The molecule has 0 heterocycles. The second-order valence-electron chi connectivity index (χ2n) is 6.36. The van der Waals surface area contributed by atoms with E-state index in [0.717, 1.165) is 35.1 Å². The van der Waals surface area contributed by atoms with Crippen molar-refractivity contribution in [2.24, 2.45) is 5.73 Å². The summed E-state index contributed by atoms with van der Waals surface area (Å²) in [6.07, 6.45) is 1.80. The van der Waals surface area contributed by atoms with Crippen LogP contribution in [0, 0.1) is 6.92 Å². The van der Waals surface area contributed by atoms with Crippen molar-refractivity contribution in [1.82, 2.24) is 0 Å². The highest BCUT2D eigenvalue weighted by Gasteiger charge is 2.32. The molecule has 0 amide bonds. The summed E-state index contributed by atoms with van der Waals surface area (Å²) in [6, 6.07) is 11.6. The molecule has 0 aliphatic carbocycles. The van der Waals surface area contributed by atoms with E-state index in [1.165, 1.54) is 7.11 Å². The third-order valence-corrected chi connectivity index (χ3v) is 5.24. The number of hydrogen-bond donors (Lipinski definition) is 2. The lowest BCUT2D eigenvalue weighted by atomic mass is 9.69. The van der Waals surface area contributed by atoms with Gasteiger partial charge in [0.2, 0.25) is 0 Å². The summed E-state index contributed by atoms with van der Waals surface area (Å²) >= 11 is 0. The van der Waals surface area contributed by atoms with Crippen molar-refractivity contribution in [2.45, 2.75) is 45.6 Å². The Morgan fingerprint density at radius 1 is 1.12 bits per heavy atom. The van der Waals surface area contributed by atoms with E-state index in [2.05, 4.69) is 13.8 Å². The fraction of sp³-hybridized carbons (Fsp3) is 0.381. The van der Waals surface area contributed by atoms with Crippen molar-refractivity contribution in [3.05, 3.63) is 64.2 Å². The minimum atomic E-state index is -0.369. The summed E-state index contributed by atoms with van der Waals surface area (Å²) in [5, 5.41) is 9.86. The third-order valence-electron chi connectivity index (χ3n) is 5.24. The number of phenolic OH excluding ortho intramolecular Hbond substituents is 1. The number of phenols is 1. The zero-order chi connectivity index (χ0) is 18.6. The lowest BCUT2D eigenvalue weighted by Gasteiger charge is -2.34. The largest absolute Gasteiger partial charge is 0.508 e. The van der Waals surface area contributed by atoms with Crippen molar-refractivity contribution in [1.29, 1.82) is 0 Å². The fourth-order valence-corrected chi connectivity index (χ4v) is 3.56. The number of rotatable bonds is 6. The number of aromatic hydroxyl groups is 1. The molecular formula is C21H27NO3. The van der Waals surface area contributed by atoms with E-state index in [0.29, 0.717) is 11.3 Å². The summed E-state index contributed by atoms with van der Waals surface area (Å²) in [7, 11) is 1.37. The number of carbonyl (C=O) groups excluding carboxylic acids is 1. The molecule has 0 aromatic heterocycles. The average Bonchev–Trinajstić information content (AvgIpc) is 2.65. The van der Waals surface area contributed by atoms with Gasteiger partial charge in [-0.15, -0.1) is 0 Å². The van der Waals surface area contributed by atoms with Crippen molar-refractivity contribution < 1.29 is 14.6 Å². The Hall–Kier alpha value is -2.33. The van der Waals surface area contributed by atoms with Gasteiger partial charge >= 0.3 is 5.97 Å². The maximum atomic E-state index is 11.9. The van der Waals surface area contributed by atoms with E-state index in [-0.39, 0.29) is 17.9 Å². The average molecular weight is 341 g/mol. The number of hydrogen-bond acceptors (Lipinski definition) is 4. The van der Waals surface area contributed by atoms with Crippen LogP contribution in [0.15, 0.2) is 36.4 Å². The highest BCUT2D eigenvalue weighted by Crippen LogP contribution is 2.40. The number of esters is 1. The zero-order valence-electron chi connectivity index (χ0n) is 15.4. The first-order valence-electron chi connectivity index (χ1n) is 8.65. The number of benzene rings is 2. The third kappa shape index (κ3) is 3.40. The molecule has 0 radical (unpaired) electrons. The zero-order valence-corrected chi connectivity index (χ0v) is 15.4. The Labute approximate surface area is 149 Å². The lowest BCUT2D eigenvalue weighted by molar-refractivity contribution is 0.0599. The molecule has 0 fully saturated rings. The topological polar surface area (TPSA) is 72.5 Å². The summed E-state index contributed by atoms with van der Waals surface area (Å²) in [4.78, 5) is 11.9. The van der Waals surface area contributed by atoms with Gasteiger partial charge in [0.05, 0.1) is 12.7 Å². The molecule has 25 heavy (non-hydrogen) atoms. The predicted molar refractivity (Wildman–Crippen MR) is 99.9 cm³/mol. The normalized spacial score (nSPS) is 11.4. The minimum absolute atomic E-state index is 0.197. The van der Waals surface area contributed by atoms with Crippen molar-refractivity contribution in [3.8, 4) is 5.75 Å². The second kappa shape index (κ2) is 7.70. The van der Waals surface area contributed by atoms with Gasteiger partial charge in [-0.2, -0.15) is 0 Å². The van der Waals surface area contributed by atoms with Crippen molar-refractivity contribution >= 4 is 5.97 Å². The van der Waals surface area contributed by atoms with E-state index in [9.17, 15) is 9.90 Å². The first-order chi connectivity index (χ1) is 11.9. The minimum Gasteiger partial charge on any atom is -0.508 e. The summed E-state index contributed by atoms with van der Waals surface area (Å²) in [5.41, 5.74) is 10.1. The van der Waals surface area contributed by atoms with Gasteiger partial charge in [0.25, 0.3) is 0 Å². The van der Waals surface area contributed by atoms with Crippen LogP contribution in [-0.2, 0) is 16.7 Å². The lowest BCUT2D eigenvalue weighted by Crippen LogP contribution is -2.27. The van der Waals surface area contributed by atoms with Gasteiger partial charge in [0.1, 0.15) is 5.75 Å². The molecular weight excluding hydrogens is 314 g/mol. The summed E-state index contributed by atoms with van der Waals surface area (Å²) < 4.78 is 4.85. The van der Waals surface area contributed by atoms with E-state index in [1.54, 1.807) is 12.1 Å². The number of nitrogens with two attached hydrogens (primary N) is 1. The smallest absolute Gasteiger partial charge is 0.338 e. The molecule has 3 N–H and O–H groups in total. The van der Waals surface area contributed by atoms with Crippen LogP contribution in [0.2, 0.25) is 0 Å². The molecule has 2 rings (SSSR count). The van der Waals surface area contributed by atoms with Gasteiger partial charge in [-0.25, -0.2) is 4.79 Å². The Morgan fingerprint density at radius 3 is 2.24 bits per heavy atom. The van der Waals surface area contributed by atoms with E-state index in [4.69, 9.17) is 10.5 Å². The molecule has 2 aromatic rings. The first-order valence-corrected chi connectivity index (χ1v) is 8.65. The molecule has 0 aliphatic rings. The Balaban J connectivity index is 2.64. The molecule has 0 bridgehead atoms. The molecule has 0 unspecified atom stereocenters.